The third-order valence-electron chi connectivity index (χ3n) is 4.25. The van der Waals surface area contributed by atoms with E-state index in [0.717, 1.165) is 23.8 Å². The van der Waals surface area contributed by atoms with Crippen molar-refractivity contribution in [2.75, 3.05) is 0 Å². The zero-order chi connectivity index (χ0) is 13.3. The molecule has 0 N–H and O–H groups in total. The standard InChI is InChI=1S/C15H22Cl2S/c1-15(2,3)11-4-5-12(16)10(8-11)9-14-13(17)6-7-18-14/h6-7,10-12H,4-5,8-9H2,1-3H3. The molecule has 2 rings (SSSR count). The second-order valence-corrected chi connectivity index (χ2v) is 8.52. The molecule has 0 spiro atoms. The van der Waals surface area contributed by atoms with Crippen LogP contribution < -0.4 is 0 Å². The highest BCUT2D eigenvalue weighted by atomic mass is 35.5. The van der Waals surface area contributed by atoms with Gasteiger partial charge in [-0.1, -0.05) is 32.4 Å². The van der Waals surface area contributed by atoms with Crippen molar-refractivity contribution < 1.29 is 0 Å². The number of hydrogen-bond acceptors (Lipinski definition) is 1. The second kappa shape index (κ2) is 5.73. The zero-order valence-electron chi connectivity index (χ0n) is 11.4. The maximum absolute atomic E-state index is 6.53. The Hall–Kier alpha value is 0.280. The van der Waals surface area contributed by atoms with Crippen LogP contribution >= 0.6 is 34.5 Å². The summed E-state index contributed by atoms with van der Waals surface area (Å²) >= 11 is 14.5. The molecule has 0 amide bonds. The van der Waals surface area contributed by atoms with E-state index in [-0.39, 0.29) is 0 Å². The number of hydrogen-bond donors (Lipinski definition) is 0. The summed E-state index contributed by atoms with van der Waals surface area (Å²) in [6, 6.07) is 1.99. The first-order valence-electron chi connectivity index (χ1n) is 6.74. The summed E-state index contributed by atoms with van der Waals surface area (Å²) in [5, 5.41) is 3.31. The molecule has 1 aromatic rings. The van der Waals surface area contributed by atoms with Gasteiger partial charge in [0.2, 0.25) is 0 Å². The molecule has 3 unspecified atom stereocenters. The monoisotopic (exact) mass is 304 g/mol. The van der Waals surface area contributed by atoms with Gasteiger partial charge in [-0.2, -0.15) is 0 Å². The molecule has 0 aliphatic heterocycles. The highest BCUT2D eigenvalue weighted by Gasteiger charge is 2.35. The van der Waals surface area contributed by atoms with E-state index >= 15 is 0 Å². The van der Waals surface area contributed by atoms with E-state index in [1.807, 2.05) is 6.07 Å². The Balaban J connectivity index is 2.04. The maximum atomic E-state index is 6.53. The third kappa shape index (κ3) is 3.43. The number of rotatable bonds is 2. The smallest absolute Gasteiger partial charge is 0.0545 e. The van der Waals surface area contributed by atoms with Crippen LogP contribution in [-0.2, 0) is 6.42 Å². The van der Waals surface area contributed by atoms with Gasteiger partial charge in [-0.25, -0.2) is 0 Å². The molecule has 0 aromatic carbocycles. The van der Waals surface area contributed by atoms with Gasteiger partial charge in [0.15, 0.2) is 0 Å². The Kier molecular flexibility index (Phi) is 4.67. The molecule has 3 atom stereocenters. The predicted octanol–water partition coefficient (Wildman–Crippen LogP) is 6.01. The minimum atomic E-state index is 0.321. The van der Waals surface area contributed by atoms with Crippen molar-refractivity contribution in [3.8, 4) is 0 Å². The molecule has 3 heteroatoms. The van der Waals surface area contributed by atoms with Gasteiger partial charge >= 0.3 is 0 Å². The summed E-state index contributed by atoms with van der Waals surface area (Å²) in [5.74, 6) is 1.37. The first kappa shape index (κ1) is 14.7. The van der Waals surface area contributed by atoms with Crippen molar-refractivity contribution in [1.29, 1.82) is 0 Å². The van der Waals surface area contributed by atoms with Crippen molar-refractivity contribution in [3.63, 3.8) is 0 Å². The van der Waals surface area contributed by atoms with Crippen molar-refractivity contribution in [2.24, 2.45) is 17.3 Å². The van der Waals surface area contributed by atoms with E-state index in [1.54, 1.807) is 11.3 Å². The van der Waals surface area contributed by atoms with Crippen LogP contribution in [0.1, 0.15) is 44.9 Å². The summed E-state index contributed by atoms with van der Waals surface area (Å²) in [6.07, 6.45) is 4.71. The minimum Gasteiger partial charge on any atom is -0.147 e. The van der Waals surface area contributed by atoms with Crippen molar-refractivity contribution in [1.82, 2.24) is 0 Å². The fraction of sp³-hybridized carbons (Fsp3) is 0.733. The second-order valence-electron chi connectivity index (χ2n) is 6.55. The predicted molar refractivity (Wildman–Crippen MR) is 83.0 cm³/mol. The van der Waals surface area contributed by atoms with Crippen molar-refractivity contribution >= 4 is 34.5 Å². The molecule has 1 aliphatic rings. The van der Waals surface area contributed by atoms with Crippen LogP contribution in [-0.4, -0.2) is 5.38 Å². The third-order valence-corrected chi connectivity index (χ3v) is 6.24. The average molecular weight is 305 g/mol. The van der Waals surface area contributed by atoms with Crippen molar-refractivity contribution in [2.45, 2.75) is 51.8 Å². The minimum absolute atomic E-state index is 0.321. The molecule has 102 valence electrons. The summed E-state index contributed by atoms with van der Waals surface area (Å²) in [6.45, 7) is 7.05. The molecule has 1 saturated carbocycles. The molecule has 0 saturated heterocycles. The van der Waals surface area contributed by atoms with E-state index in [1.165, 1.54) is 17.7 Å². The first-order chi connectivity index (χ1) is 8.38. The molecule has 1 aliphatic carbocycles. The lowest BCUT2D eigenvalue weighted by molar-refractivity contribution is 0.144. The van der Waals surface area contributed by atoms with E-state index in [0.29, 0.717) is 16.7 Å². The lowest BCUT2D eigenvalue weighted by atomic mass is 9.68. The van der Waals surface area contributed by atoms with Crippen molar-refractivity contribution in [3.05, 3.63) is 21.3 Å². The Bertz CT molecular complexity index is 391. The Morgan fingerprint density at radius 2 is 2.06 bits per heavy atom. The van der Waals surface area contributed by atoms with Gasteiger partial charge < -0.3 is 0 Å². The van der Waals surface area contributed by atoms with Crippen LogP contribution in [0.5, 0.6) is 0 Å². The molecular weight excluding hydrogens is 283 g/mol. The van der Waals surface area contributed by atoms with Crippen LogP contribution in [0, 0.1) is 17.3 Å². The van der Waals surface area contributed by atoms with Gasteiger partial charge in [0.1, 0.15) is 0 Å². The summed E-state index contributed by atoms with van der Waals surface area (Å²) in [4.78, 5) is 1.31. The molecule has 1 aromatic heterocycles. The Morgan fingerprint density at radius 3 is 2.61 bits per heavy atom. The van der Waals surface area contributed by atoms with Crippen LogP contribution in [0.2, 0.25) is 5.02 Å². The van der Waals surface area contributed by atoms with E-state index in [2.05, 4.69) is 26.2 Å². The maximum Gasteiger partial charge on any atom is 0.0545 e. The topological polar surface area (TPSA) is 0 Å². The summed E-state index contributed by atoms with van der Waals surface area (Å²) in [5.41, 5.74) is 0.397. The van der Waals surface area contributed by atoms with Gasteiger partial charge in [-0.05, 0) is 54.4 Å². The van der Waals surface area contributed by atoms with E-state index in [4.69, 9.17) is 23.2 Å². The van der Waals surface area contributed by atoms with Crippen LogP contribution in [0.15, 0.2) is 11.4 Å². The van der Waals surface area contributed by atoms with Gasteiger partial charge in [0.25, 0.3) is 0 Å². The molecule has 0 radical (unpaired) electrons. The molecule has 1 fully saturated rings. The summed E-state index contributed by atoms with van der Waals surface area (Å²) < 4.78 is 0. The lowest BCUT2D eigenvalue weighted by Crippen LogP contribution is -2.33. The van der Waals surface area contributed by atoms with E-state index < -0.39 is 0 Å². The quantitative estimate of drug-likeness (QED) is 0.587. The largest absolute Gasteiger partial charge is 0.147 e. The van der Waals surface area contributed by atoms with Crippen LogP contribution in [0.3, 0.4) is 0 Å². The number of halogens is 2. The molecule has 1 heterocycles. The van der Waals surface area contributed by atoms with Crippen LogP contribution in [0.25, 0.3) is 0 Å². The molecule has 0 bridgehead atoms. The normalized spacial score (nSPS) is 29.5. The average Bonchev–Trinajstić information content (AvgIpc) is 2.66. The van der Waals surface area contributed by atoms with Gasteiger partial charge in [0.05, 0.1) is 5.02 Å². The Morgan fingerprint density at radius 1 is 1.33 bits per heavy atom. The van der Waals surface area contributed by atoms with Crippen LogP contribution in [0.4, 0.5) is 0 Å². The SMILES string of the molecule is CC(C)(C)C1CCC(Cl)C(Cc2sccc2Cl)C1. The molecule has 0 nitrogen and oxygen atoms in total. The number of alkyl halides is 1. The number of thiophene rings is 1. The lowest BCUT2D eigenvalue weighted by Gasteiger charge is -2.40. The molecule has 18 heavy (non-hydrogen) atoms. The Labute approximate surface area is 125 Å². The molecular formula is C15H22Cl2S. The first-order valence-corrected chi connectivity index (χ1v) is 8.43. The van der Waals surface area contributed by atoms with Gasteiger partial charge in [-0.3, -0.25) is 0 Å². The highest BCUT2D eigenvalue weighted by molar-refractivity contribution is 7.10. The zero-order valence-corrected chi connectivity index (χ0v) is 13.7. The fourth-order valence-electron chi connectivity index (χ4n) is 2.93. The van der Waals surface area contributed by atoms with E-state index in [9.17, 15) is 0 Å². The van der Waals surface area contributed by atoms with Gasteiger partial charge in [-0.15, -0.1) is 22.9 Å². The summed E-state index contributed by atoms with van der Waals surface area (Å²) in [7, 11) is 0. The van der Waals surface area contributed by atoms with Gasteiger partial charge in [0, 0.05) is 10.3 Å². The highest BCUT2D eigenvalue weighted by Crippen LogP contribution is 2.43. The fourth-order valence-corrected chi connectivity index (χ4v) is 4.46.